The number of carbonyl (C=O) groups excluding carboxylic acids is 2. The van der Waals surface area contributed by atoms with Crippen molar-refractivity contribution in [2.45, 2.75) is 19.0 Å². The van der Waals surface area contributed by atoms with E-state index in [1.165, 1.54) is 4.90 Å². The summed E-state index contributed by atoms with van der Waals surface area (Å²) >= 11 is 3.35. The predicted octanol–water partition coefficient (Wildman–Crippen LogP) is 1.85. The third kappa shape index (κ3) is 3.49. The highest BCUT2D eigenvalue weighted by atomic mass is 79.9. The normalized spacial score (nSPS) is 17.4. The Bertz CT molecular complexity index is 744. The molecule has 3 rings (SSSR count). The second kappa shape index (κ2) is 7.15. The Kier molecular flexibility index (Phi) is 4.97. The zero-order valence-corrected chi connectivity index (χ0v) is 14.8. The van der Waals surface area contributed by atoms with Gasteiger partial charge in [-0.25, -0.2) is 4.90 Å². The molecule has 24 heavy (non-hydrogen) atoms. The topological polar surface area (TPSA) is 63.2 Å². The summed E-state index contributed by atoms with van der Waals surface area (Å²) in [5.74, 6) is 0.487. The van der Waals surface area contributed by atoms with Gasteiger partial charge >= 0.3 is 0 Å². The van der Waals surface area contributed by atoms with Crippen molar-refractivity contribution in [1.82, 2.24) is 0 Å². The second-order valence-corrected chi connectivity index (χ2v) is 6.56. The minimum Gasteiger partial charge on any atom is -0.497 e. The number of ether oxygens (including phenoxy) is 1. The van der Waals surface area contributed by atoms with Gasteiger partial charge in [-0.05, 0) is 48.5 Å². The van der Waals surface area contributed by atoms with Crippen molar-refractivity contribution in [2.75, 3.05) is 12.0 Å². The zero-order chi connectivity index (χ0) is 17.1. The molecule has 2 N–H and O–H groups in total. The molecule has 2 amide bonds. The minimum atomic E-state index is -0.372. The summed E-state index contributed by atoms with van der Waals surface area (Å²) in [6, 6.07) is 14.5. The van der Waals surface area contributed by atoms with E-state index >= 15 is 0 Å². The number of methoxy groups -OCH3 is 1. The fraction of sp³-hybridized carbons (Fsp3) is 0.222. The number of anilines is 1. The number of amides is 2. The minimum absolute atomic E-state index is 0.154. The van der Waals surface area contributed by atoms with Gasteiger partial charge in [0.25, 0.3) is 5.91 Å². The van der Waals surface area contributed by atoms with E-state index in [-0.39, 0.29) is 24.3 Å². The van der Waals surface area contributed by atoms with Crippen LogP contribution in [0.5, 0.6) is 5.75 Å². The number of nitrogens with zero attached hydrogens (tertiary/aromatic N) is 1. The van der Waals surface area contributed by atoms with Crippen LogP contribution in [-0.4, -0.2) is 25.0 Å². The summed E-state index contributed by atoms with van der Waals surface area (Å²) in [5, 5.41) is 1.92. The lowest BCUT2D eigenvalue weighted by molar-refractivity contribution is -0.690. The molecule has 1 aliphatic heterocycles. The van der Waals surface area contributed by atoms with Crippen molar-refractivity contribution in [3.63, 3.8) is 0 Å². The molecule has 0 spiro atoms. The number of benzene rings is 2. The first-order valence-electron chi connectivity index (χ1n) is 7.67. The molecular formula is C18H18BrN2O3+. The molecule has 1 saturated heterocycles. The Hall–Kier alpha value is -2.18. The highest BCUT2D eigenvalue weighted by molar-refractivity contribution is 9.10. The highest BCUT2D eigenvalue weighted by Crippen LogP contribution is 2.23. The van der Waals surface area contributed by atoms with Crippen LogP contribution in [0.4, 0.5) is 5.69 Å². The summed E-state index contributed by atoms with van der Waals surface area (Å²) in [5.41, 5.74) is 1.70. The molecule has 1 aliphatic rings. The maximum atomic E-state index is 12.6. The van der Waals surface area contributed by atoms with Crippen LogP contribution in [-0.2, 0) is 16.1 Å². The SMILES string of the molecule is COc1ccc(C[NH2+][C@H]2CC(=O)N(c3ccc(Br)cc3)C2=O)cc1. The molecule has 2 aromatic rings. The number of halogens is 1. The van der Waals surface area contributed by atoms with Gasteiger partial charge in [-0.3, -0.25) is 9.59 Å². The first-order valence-corrected chi connectivity index (χ1v) is 8.46. The lowest BCUT2D eigenvalue weighted by Gasteiger charge is -2.14. The Balaban J connectivity index is 1.66. The summed E-state index contributed by atoms with van der Waals surface area (Å²) < 4.78 is 6.04. The fourth-order valence-corrected chi connectivity index (χ4v) is 3.01. The third-order valence-corrected chi connectivity index (χ3v) is 4.59. The Morgan fingerprint density at radius 2 is 1.79 bits per heavy atom. The number of rotatable bonds is 5. The van der Waals surface area contributed by atoms with Gasteiger partial charge in [-0.1, -0.05) is 15.9 Å². The Labute approximate surface area is 148 Å². The van der Waals surface area contributed by atoms with Crippen LogP contribution in [0, 0.1) is 0 Å². The van der Waals surface area contributed by atoms with Crippen LogP contribution < -0.4 is 15.0 Å². The molecule has 0 aromatic heterocycles. The highest BCUT2D eigenvalue weighted by Gasteiger charge is 2.42. The first-order chi connectivity index (χ1) is 11.6. The van der Waals surface area contributed by atoms with Crippen LogP contribution >= 0.6 is 15.9 Å². The second-order valence-electron chi connectivity index (χ2n) is 5.64. The van der Waals surface area contributed by atoms with Crippen molar-refractivity contribution < 1.29 is 19.6 Å². The smallest absolute Gasteiger partial charge is 0.292 e. The van der Waals surface area contributed by atoms with Gasteiger partial charge in [0.05, 0.1) is 19.2 Å². The zero-order valence-electron chi connectivity index (χ0n) is 13.2. The molecular weight excluding hydrogens is 372 g/mol. The summed E-state index contributed by atoms with van der Waals surface area (Å²) in [7, 11) is 1.63. The van der Waals surface area contributed by atoms with Gasteiger partial charge in [0.2, 0.25) is 5.91 Å². The van der Waals surface area contributed by atoms with Crippen molar-refractivity contribution >= 4 is 33.4 Å². The standard InChI is InChI=1S/C18H17BrN2O3/c1-24-15-8-2-12(3-9-15)11-20-16-10-17(22)21(18(16)23)14-6-4-13(19)5-7-14/h2-9,16,20H,10-11H2,1H3/p+1/t16-/m0/s1. The van der Waals surface area contributed by atoms with E-state index < -0.39 is 0 Å². The number of hydrogen-bond acceptors (Lipinski definition) is 3. The lowest BCUT2D eigenvalue weighted by Crippen LogP contribution is -2.90. The Morgan fingerprint density at radius 3 is 2.42 bits per heavy atom. The maximum Gasteiger partial charge on any atom is 0.292 e. The number of hydrogen-bond donors (Lipinski definition) is 1. The molecule has 1 heterocycles. The lowest BCUT2D eigenvalue weighted by atomic mass is 10.2. The van der Waals surface area contributed by atoms with Crippen molar-refractivity contribution in [2.24, 2.45) is 0 Å². The van der Waals surface area contributed by atoms with Crippen LogP contribution in [0.25, 0.3) is 0 Å². The van der Waals surface area contributed by atoms with E-state index in [4.69, 9.17) is 4.74 Å². The fourth-order valence-electron chi connectivity index (χ4n) is 2.74. The van der Waals surface area contributed by atoms with E-state index in [1.54, 1.807) is 19.2 Å². The van der Waals surface area contributed by atoms with E-state index in [0.717, 1.165) is 15.8 Å². The number of quaternary nitrogens is 1. The quantitative estimate of drug-likeness (QED) is 0.793. The first kappa shape index (κ1) is 16.7. The number of imide groups is 1. The van der Waals surface area contributed by atoms with Gasteiger partial charge in [0.1, 0.15) is 12.3 Å². The Morgan fingerprint density at radius 1 is 1.12 bits per heavy atom. The van der Waals surface area contributed by atoms with Crippen molar-refractivity contribution in [1.29, 1.82) is 0 Å². The van der Waals surface area contributed by atoms with Crippen LogP contribution in [0.3, 0.4) is 0 Å². The molecule has 1 atom stereocenters. The average molecular weight is 390 g/mol. The van der Waals surface area contributed by atoms with E-state index in [1.807, 2.05) is 41.7 Å². The van der Waals surface area contributed by atoms with Gasteiger partial charge < -0.3 is 10.1 Å². The largest absolute Gasteiger partial charge is 0.497 e. The molecule has 2 aromatic carbocycles. The molecule has 0 aliphatic carbocycles. The van der Waals surface area contributed by atoms with Gasteiger partial charge in [0.15, 0.2) is 6.04 Å². The molecule has 0 unspecified atom stereocenters. The van der Waals surface area contributed by atoms with Crippen molar-refractivity contribution in [3.8, 4) is 5.75 Å². The van der Waals surface area contributed by atoms with Gasteiger partial charge in [0, 0.05) is 10.0 Å². The number of nitrogens with two attached hydrogens (primary N) is 1. The molecule has 0 radical (unpaired) electrons. The molecule has 0 saturated carbocycles. The monoisotopic (exact) mass is 389 g/mol. The van der Waals surface area contributed by atoms with E-state index in [0.29, 0.717) is 12.2 Å². The molecule has 124 valence electrons. The van der Waals surface area contributed by atoms with Crippen LogP contribution in [0.1, 0.15) is 12.0 Å². The number of carbonyl (C=O) groups is 2. The van der Waals surface area contributed by atoms with E-state index in [9.17, 15) is 9.59 Å². The molecule has 0 bridgehead atoms. The molecule has 6 heteroatoms. The predicted molar refractivity (Wildman–Crippen MR) is 93.7 cm³/mol. The third-order valence-electron chi connectivity index (χ3n) is 4.06. The van der Waals surface area contributed by atoms with Crippen LogP contribution in [0.2, 0.25) is 0 Å². The summed E-state index contributed by atoms with van der Waals surface area (Å²) in [6.07, 6.45) is 0.227. The van der Waals surface area contributed by atoms with E-state index in [2.05, 4.69) is 15.9 Å². The van der Waals surface area contributed by atoms with Crippen molar-refractivity contribution in [3.05, 3.63) is 58.6 Å². The average Bonchev–Trinajstić information content (AvgIpc) is 2.88. The van der Waals surface area contributed by atoms with Gasteiger partial charge in [-0.15, -0.1) is 0 Å². The molecule has 5 nitrogen and oxygen atoms in total. The summed E-state index contributed by atoms with van der Waals surface area (Å²) in [4.78, 5) is 26.1. The maximum absolute atomic E-state index is 12.6. The summed E-state index contributed by atoms with van der Waals surface area (Å²) in [6.45, 7) is 0.641. The molecule has 1 fully saturated rings. The van der Waals surface area contributed by atoms with Crippen LogP contribution in [0.15, 0.2) is 53.0 Å². The van der Waals surface area contributed by atoms with Gasteiger partial charge in [-0.2, -0.15) is 0 Å².